The van der Waals surface area contributed by atoms with Crippen molar-refractivity contribution in [3.8, 4) is 0 Å². The second-order valence-corrected chi connectivity index (χ2v) is 5.85. The van der Waals surface area contributed by atoms with Crippen LogP contribution >= 0.6 is 22.9 Å². The summed E-state index contributed by atoms with van der Waals surface area (Å²) in [6.45, 7) is 0. The Kier molecular flexibility index (Phi) is 3.58. The summed E-state index contributed by atoms with van der Waals surface area (Å²) in [5.74, 6) is 0.826. The van der Waals surface area contributed by atoms with Crippen LogP contribution in [-0.4, -0.2) is 22.9 Å². The average Bonchev–Trinajstić information content (AvgIpc) is 3.20. The van der Waals surface area contributed by atoms with E-state index in [2.05, 4.69) is 20.6 Å². The number of carbonyl (C=O) groups excluding carboxylic acids is 1. The molecule has 1 aliphatic carbocycles. The maximum atomic E-state index is 12.2. The summed E-state index contributed by atoms with van der Waals surface area (Å²) in [7, 11) is 1.74. The number of halogens is 1. The number of thiazole rings is 1. The monoisotopic (exact) mass is 308 g/mol. The van der Waals surface area contributed by atoms with Crippen molar-refractivity contribution in [1.82, 2.24) is 9.97 Å². The third-order valence-corrected chi connectivity index (χ3v) is 4.14. The Morgan fingerprint density at radius 2 is 2.20 bits per heavy atom. The average molecular weight is 309 g/mol. The maximum Gasteiger partial charge on any atom is 0.277 e. The van der Waals surface area contributed by atoms with E-state index in [0.717, 1.165) is 5.69 Å². The number of aromatic nitrogens is 2. The summed E-state index contributed by atoms with van der Waals surface area (Å²) >= 11 is 7.44. The molecule has 0 spiro atoms. The molecule has 2 heterocycles. The molecule has 2 N–H and O–H groups in total. The van der Waals surface area contributed by atoms with E-state index in [0.29, 0.717) is 21.9 Å². The van der Waals surface area contributed by atoms with Crippen molar-refractivity contribution in [1.29, 1.82) is 0 Å². The standard InChI is InChI=1S/C13H13ClN4OS/c1-15-10-5-4-8(14)11(17-10)12(19)18-13-16-9(6-20-13)7-2-3-7/h4-7H,2-3H2,1H3,(H,15,17)(H,16,18,19). The zero-order valence-corrected chi connectivity index (χ0v) is 12.4. The highest BCUT2D eigenvalue weighted by molar-refractivity contribution is 7.14. The summed E-state index contributed by atoms with van der Waals surface area (Å²) in [5, 5.41) is 8.52. The molecule has 20 heavy (non-hydrogen) atoms. The molecule has 0 atom stereocenters. The molecule has 2 aromatic rings. The van der Waals surface area contributed by atoms with Crippen LogP contribution in [0.5, 0.6) is 0 Å². The Labute approximate surface area is 125 Å². The zero-order valence-electron chi connectivity index (χ0n) is 10.8. The number of nitrogens with one attached hydrogen (secondary N) is 2. The molecule has 0 aliphatic heterocycles. The number of hydrogen-bond acceptors (Lipinski definition) is 5. The number of pyridine rings is 1. The fourth-order valence-corrected chi connectivity index (χ4v) is 2.79. The number of rotatable bonds is 4. The summed E-state index contributed by atoms with van der Waals surface area (Å²) in [6.07, 6.45) is 2.38. The van der Waals surface area contributed by atoms with Gasteiger partial charge in [-0.15, -0.1) is 11.3 Å². The molecule has 1 aliphatic rings. The Morgan fingerprint density at radius 1 is 1.40 bits per heavy atom. The molecular weight excluding hydrogens is 296 g/mol. The number of hydrogen-bond donors (Lipinski definition) is 2. The van der Waals surface area contributed by atoms with Crippen molar-refractivity contribution < 1.29 is 4.79 Å². The largest absolute Gasteiger partial charge is 0.373 e. The summed E-state index contributed by atoms with van der Waals surface area (Å²) in [4.78, 5) is 20.8. The number of carbonyl (C=O) groups is 1. The fraction of sp³-hybridized carbons (Fsp3) is 0.308. The molecule has 0 saturated heterocycles. The first kappa shape index (κ1) is 13.3. The van der Waals surface area contributed by atoms with Crippen LogP contribution in [-0.2, 0) is 0 Å². The number of nitrogens with zero attached hydrogens (tertiary/aromatic N) is 2. The van der Waals surface area contributed by atoms with Crippen LogP contribution in [0.2, 0.25) is 5.02 Å². The van der Waals surface area contributed by atoms with Crippen LogP contribution in [0.4, 0.5) is 10.9 Å². The zero-order chi connectivity index (χ0) is 14.1. The number of amides is 1. The molecule has 1 amide bonds. The second kappa shape index (κ2) is 5.38. The SMILES string of the molecule is CNc1ccc(Cl)c(C(=O)Nc2nc(C3CC3)cs2)n1. The minimum absolute atomic E-state index is 0.196. The molecule has 0 aromatic carbocycles. The van der Waals surface area contributed by atoms with Gasteiger partial charge in [0, 0.05) is 18.3 Å². The van der Waals surface area contributed by atoms with Gasteiger partial charge in [0.05, 0.1) is 10.7 Å². The number of anilines is 2. The van der Waals surface area contributed by atoms with Gasteiger partial charge in [-0.3, -0.25) is 10.1 Å². The van der Waals surface area contributed by atoms with Crippen LogP contribution in [0.1, 0.15) is 34.9 Å². The van der Waals surface area contributed by atoms with Crippen LogP contribution in [0.15, 0.2) is 17.5 Å². The molecular formula is C13H13ClN4OS. The van der Waals surface area contributed by atoms with Gasteiger partial charge >= 0.3 is 0 Å². The van der Waals surface area contributed by atoms with Crippen molar-refractivity contribution in [2.75, 3.05) is 17.7 Å². The van der Waals surface area contributed by atoms with E-state index in [9.17, 15) is 4.79 Å². The first-order valence-corrected chi connectivity index (χ1v) is 7.54. The van der Waals surface area contributed by atoms with Gasteiger partial charge in [-0.1, -0.05) is 11.6 Å². The summed E-state index contributed by atoms with van der Waals surface area (Å²) < 4.78 is 0. The van der Waals surface area contributed by atoms with Crippen molar-refractivity contribution in [3.63, 3.8) is 0 Å². The molecule has 5 nitrogen and oxygen atoms in total. The molecule has 0 radical (unpaired) electrons. The van der Waals surface area contributed by atoms with E-state index in [1.165, 1.54) is 24.2 Å². The molecule has 7 heteroatoms. The Hall–Kier alpha value is -1.66. The molecule has 0 unspecified atom stereocenters. The molecule has 1 fully saturated rings. The Balaban J connectivity index is 1.77. The first-order chi connectivity index (χ1) is 9.67. The molecule has 3 rings (SSSR count). The second-order valence-electron chi connectivity index (χ2n) is 4.58. The lowest BCUT2D eigenvalue weighted by Gasteiger charge is -2.05. The van der Waals surface area contributed by atoms with E-state index in [1.54, 1.807) is 19.2 Å². The van der Waals surface area contributed by atoms with E-state index in [-0.39, 0.29) is 11.6 Å². The predicted molar refractivity (Wildman–Crippen MR) is 80.8 cm³/mol. The lowest BCUT2D eigenvalue weighted by molar-refractivity contribution is 0.102. The van der Waals surface area contributed by atoms with Gasteiger partial charge < -0.3 is 5.32 Å². The van der Waals surface area contributed by atoms with E-state index in [4.69, 9.17) is 11.6 Å². The Morgan fingerprint density at radius 3 is 2.90 bits per heavy atom. The molecule has 2 aromatic heterocycles. The van der Waals surface area contributed by atoms with Gasteiger partial charge in [0.2, 0.25) is 0 Å². The molecule has 1 saturated carbocycles. The highest BCUT2D eigenvalue weighted by Crippen LogP contribution is 2.40. The van der Waals surface area contributed by atoms with Crippen LogP contribution in [0.3, 0.4) is 0 Å². The van der Waals surface area contributed by atoms with Crippen molar-refractivity contribution >= 4 is 39.8 Å². The van der Waals surface area contributed by atoms with Gasteiger partial charge in [0.15, 0.2) is 5.13 Å². The maximum absolute atomic E-state index is 12.2. The van der Waals surface area contributed by atoms with Crippen molar-refractivity contribution in [3.05, 3.63) is 33.9 Å². The highest BCUT2D eigenvalue weighted by atomic mass is 35.5. The Bertz CT molecular complexity index is 654. The molecule has 104 valence electrons. The van der Waals surface area contributed by atoms with Crippen molar-refractivity contribution in [2.45, 2.75) is 18.8 Å². The fourth-order valence-electron chi connectivity index (χ4n) is 1.81. The minimum Gasteiger partial charge on any atom is -0.373 e. The quantitative estimate of drug-likeness (QED) is 0.909. The third kappa shape index (κ3) is 2.76. The third-order valence-electron chi connectivity index (χ3n) is 3.06. The smallest absolute Gasteiger partial charge is 0.277 e. The summed E-state index contributed by atoms with van der Waals surface area (Å²) in [6, 6.07) is 3.36. The summed E-state index contributed by atoms with van der Waals surface area (Å²) in [5.41, 5.74) is 1.26. The first-order valence-electron chi connectivity index (χ1n) is 6.28. The predicted octanol–water partition coefficient (Wildman–Crippen LogP) is 3.36. The lowest BCUT2D eigenvalue weighted by atomic mass is 10.3. The lowest BCUT2D eigenvalue weighted by Crippen LogP contribution is -2.15. The van der Waals surface area contributed by atoms with Crippen molar-refractivity contribution in [2.24, 2.45) is 0 Å². The van der Waals surface area contributed by atoms with Crippen LogP contribution < -0.4 is 10.6 Å². The van der Waals surface area contributed by atoms with Gasteiger partial charge in [-0.05, 0) is 25.0 Å². The molecule has 0 bridgehead atoms. The van der Waals surface area contributed by atoms with Crippen LogP contribution in [0.25, 0.3) is 0 Å². The topological polar surface area (TPSA) is 66.9 Å². The van der Waals surface area contributed by atoms with Crippen LogP contribution in [0, 0.1) is 0 Å². The highest BCUT2D eigenvalue weighted by Gasteiger charge is 2.26. The van der Waals surface area contributed by atoms with Gasteiger partial charge in [0.1, 0.15) is 11.5 Å². The van der Waals surface area contributed by atoms with Gasteiger partial charge in [-0.25, -0.2) is 9.97 Å². The minimum atomic E-state index is -0.344. The van der Waals surface area contributed by atoms with Gasteiger partial charge in [-0.2, -0.15) is 0 Å². The van der Waals surface area contributed by atoms with E-state index < -0.39 is 0 Å². The normalized spacial score (nSPS) is 14.1. The van der Waals surface area contributed by atoms with Gasteiger partial charge in [0.25, 0.3) is 5.91 Å². The van der Waals surface area contributed by atoms with E-state index in [1.807, 2.05) is 5.38 Å². The van der Waals surface area contributed by atoms with E-state index >= 15 is 0 Å².